The summed E-state index contributed by atoms with van der Waals surface area (Å²) in [7, 11) is -3.51. The summed E-state index contributed by atoms with van der Waals surface area (Å²) in [6.45, 7) is 2.28. The van der Waals surface area contributed by atoms with Crippen LogP contribution in [0, 0.1) is 6.92 Å². The fourth-order valence-electron chi connectivity index (χ4n) is 3.61. The van der Waals surface area contributed by atoms with Crippen molar-refractivity contribution in [2.75, 3.05) is 6.54 Å². The van der Waals surface area contributed by atoms with E-state index in [1.54, 1.807) is 12.1 Å². The number of nitrogens with one attached hydrogen (secondary N) is 1. The number of aryl methyl sites for hydroxylation is 1. The first kappa shape index (κ1) is 21.0. The fourth-order valence-corrected chi connectivity index (χ4v) is 4.65. The maximum atomic E-state index is 12.5. The lowest BCUT2D eigenvalue weighted by molar-refractivity contribution is 0.581. The molecular formula is C27H25NO2S. The van der Waals surface area contributed by atoms with Gasteiger partial charge in [0.25, 0.3) is 0 Å². The monoisotopic (exact) mass is 427 g/mol. The topological polar surface area (TPSA) is 46.2 Å². The zero-order valence-electron chi connectivity index (χ0n) is 17.5. The van der Waals surface area contributed by atoms with Crippen molar-refractivity contribution in [1.29, 1.82) is 0 Å². The lowest BCUT2D eigenvalue weighted by Crippen LogP contribution is -2.26. The zero-order valence-corrected chi connectivity index (χ0v) is 18.3. The van der Waals surface area contributed by atoms with E-state index in [0.29, 0.717) is 17.9 Å². The van der Waals surface area contributed by atoms with Gasteiger partial charge < -0.3 is 0 Å². The van der Waals surface area contributed by atoms with Crippen molar-refractivity contribution < 1.29 is 8.42 Å². The van der Waals surface area contributed by atoms with Crippen molar-refractivity contribution >= 4 is 10.0 Å². The third-order valence-electron chi connectivity index (χ3n) is 5.34. The number of sulfonamides is 1. The van der Waals surface area contributed by atoms with Gasteiger partial charge in [0.1, 0.15) is 0 Å². The minimum absolute atomic E-state index is 0.294. The molecule has 0 atom stereocenters. The highest BCUT2D eigenvalue weighted by atomic mass is 32.2. The Labute approximate surface area is 184 Å². The molecular weight excluding hydrogens is 402 g/mol. The van der Waals surface area contributed by atoms with Crippen LogP contribution in [0.4, 0.5) is 0 Å². The first-order valence-electron chi connectivity index (χ1n) is 10.3. The van der Waals surface area contributed by atoms with Crippen LogP contribution in [0.25, 0.3) is 22.3 Å². The Hall–Kier alpha value is -3.21. The molecule has 4 aromatic rings. The third kappa shape index (κ3) is 5.10. The lowest BCUT2D eigenvalue weighted by Gasteiger charge is -2.12. The van der Waals surface area contributed by atoms with Gasteiger partial charge in [0.05, 0.1) is 4.90 Å². The Balaban J connectivity index is 1.48. The standard InChI is InChI=1S/C27H25NO2S/c1-21-11-17-26(18-12-21)31(29,30)28-20-19-24-9-5-6-10-27(24)25-15-13-23(14-16-25)22-7-3-2-4-8-22/h2-18,28H,19-20H2,1H3. The molecule has 0 bridgehead atoms. The SMILES string of the molecule is Cc1ccc(S(=O)(=O)NCCc2ccccc2-c2ccc(-c3ccccc3)cc2)cc1. The van der Waals surface area contributed by atoms with Crippen LogP contribution in [-0.2, 0) is 16.4 Å². The molecule has 0 fully saturated rings. The van der Waals surface area contributed by atoms with Gasteiger partial charge in [-0.2, -0.15) is 0 Å². The minimum Gasteiger partial charge on any atom is -0.211 e. The van der Waals surface area contributed by atoms with Crippen molar-refractivity contribution in [3.8, 4) is 22.3 Å². The van der Waals surface area contributed by atoms with Crippen molar-refractivity contribution in [1.82, 2.24) is 4.72 Å². The molecule has 0 saturated heterocycles. The Morgan fingerprint density at radius 3 is 1.94 bits per heavy atom. The normalized spacial score (nSPS) is 11.4. The summed E-state index contributed by atoms with van der Waals surface area (Å²) in [6, 6.07) is 33.8. The smallest absolute Gasteiger partial charge is 0.211 e. The van der Waals surface area contributed by atoms with Crippen molar-refractivity contribution in [2.45, 2.75) is 18.2 Å². The molecule has 0 heterocycles. The molecule has 0 aliphatic heterocycles. The highest BCUT2D eigenvalue weighted by molar-refractivity contribution is 7.89. The van der Waals surface area contributed by atoms with Crippen LogP contribution in [0.1, 0.15) is 11.1 Å². The second-order valence-corrected chi connectivity index (χ2v) is 9.33. The van der Waals surface area contributed by atoms with Crippen LogP contribution in [-0.4, -0.2) is 15.0 Å². The van der Waals surface area contributed by atoms with Gasteiger partial charge in [0.15, 0.2) is 0 Å². The molecule has 0 amide bonds. The van der Waals surface area contributed by atoms with Gasteiger partial charge in [0, 0.05) is 6.54 Å². The lowest BCUT2D eigenvalue weighted by atomic mass is 9.96. The predicted octanol–water partition coefficient (Wildman–Crippen LogP) is 5.85. The molecule has 0 aliphatic rings. The van der Waals surface area contributed by atoms with E-state index in [4.69, 9.17) is 0 Å². The molecule has 156 valence electrons. The largest absolute Gasteiger partial charge is 0.240 e. The number of hydrogen-bond donors (Lipinski definition) is 1. The molecule has 0 saturated carbocycles. The Morgan fingerprint density at radius 2 is 1.23 bits per heavy atom. The summed E-state index contributed by atoms with van der Waals surface area (Å²) in [5.41, 5.74) is 6.75. The predicted molar refractivity (Wildman–Crippen MR) is 127 cm³/mol. The molecule has 4 rings (SSSR count). The minimum atomic E-state index is -3.51. The van der Waals surface area contributed by atoms with Gasteiger partial charge in [-0.25, -0.2) is 13.1 Å². The average molecular weight is 428 g/mol. The van der Waals surface area contributed by atoms with E-state index in [9.17, 15) is 8.42 Å². The van der Waals surface area contributed by atoms with E-state index in [0.717, 1.165) is 22.3 Å². The van der Waals surface area contributed by atoms with E-state index in [1.165, 1.54) is 11.1 Å². The molecule has 1 N–H and O–H groups in total. The van der Waals surface area contributed by atoms with Gasteiger partial charge >= 0.3 is 0 Å². The van der Waals surface area contributed by atoms with Crippen LogP contribution < -0.4 is 4.72 Å². The molecule has 0 aliphatic carbocycles. The summed E-state index contributed by atoms with van der Waals surface area (Å²) in [4.78, 5) is 0.294. The van der Waals surface area contributed by atoms with Crippen molar-refractivity contribution in [3.63, 3.8) is 0 Å². The Morgan fingerprint density at radius 1 is 0.645 bits per heavy atom. The number of hydrogen-bond acceptors (Lipinski definition) is 2. The van der Waals surface area contributed by atoms with Crippen LogP contribution in [0.5, 0.6) is 0 Å². The van der Waals surface area contributed by atoms with E-state index in [-0.39, 0.29) is 0 Å². The van der Waals surface area contributed by atoms with Crippen LogP contribution >= 0.6 is 0 Å². The summed E-state index contributed by atoms with van der Waals surface area (Å²) in [5, 5.41) is 0. The van der Waals surface area contributed by atoms with Crippen molar-refractivity contribution in [3.05, 3.63) is 114 Å². The summed E-state index contributed by atoms with van der Waals surface area (Å²) >= 11 is 0. The van der Waals surface area contributed by atoms with Crippen LogP contribution in [0.15, 0.2) is 108 Å². The molecule has 0 unspecified atom stereocenters. The van der Waals surface area contributed by atoms with Gasteiger partial charge in [-0.3, -0.25) is 0 Å². The van der Waals surface area contributed by atoms with Crippen LogP contribution in [0.3, 0.4) is 0 Å². The molecule has 0 aromatic heterocycles. The molecule has 4 heteroatoms. The molecule has 0 spiro atoms. The average Bonchev–Trinajstić information content (AvgIpc) is 2.80. The quantitative estimate of drug-likeness (QED) is 0.402. The van der Waals surface area contributed by atoms with Gasteiger partial charge in [-0.15, -0.1) is 0 Å². The molecule has 4 aromatic carbocycles. The van der Waals surface area contributed by atoms with Gasteiger partial charge in [-0.05, 0) is 53.3 Å². The molecule has 31 heavy (non-hydrogen) atoms. The van der Waals surface area contributed by atoms with Crippen LogP contribution in [0.2, 0.25) is 0 Å². The highest BCUT2D eigenvalue weighted by Crippen LogP contribution is 2.27. The second-order valence-electron chi connectivity index (χ2n) is 7.56. The fraction of sp³-hybridized carbons (Fsp3) is 0.111. The third-order valence-corrected chi connectivity index (χ3v) is 6.82. The van der Waals surface area contributed by atoms with Crippen molar-refractivity contribution in [2.24, 2.45) is 0 Å². The first-order valence-corrected chi connectivity index (χ1v) is 11.8. The maximum Gasteiger partial charge on any atom is 0.240 e. The summed E-state index contributed by atoms with van der Waals surface area (Å²) in [5.74, 6) is 0. The molecule has 3 nitrogen and oxygen atoms in total. The number of rotatable bonds is 7. The Kier molecular flexibility index (Phi) is 6.31. The van der Waals surface area contributed by atoms with E-state index >= 15 is 0 Å². The van der Waals surface area contributed by atoms with E-state index in [1.807, 2.05) is 49.4 Å². The van der Waals surface area contributed by atoms with Gasteiger partial charge in [-0.1, -0.05) is 96.6 Å². The molecule has 0 radical (unpaired) electrons. The first-order chi connectivity index (χ1) is 15.0. The maximum absolute atomic E-state index is 12.5. The summed E-state index contributed by atoms with van der Waals surface area (Å²) in [6.07, 6.45) is 0.613. The number of benzene rings is 4. The highest BCUT2D eigenvalue weighted by Gasteiger charge is 2.13. The second kappa shape index (κ2) is 9.29. The zero-order chi connectivity index (χ0) is 21.7. The van der Waals surface area contributed by atoms with E-state index in [2.05, 4.69) is 53.3 Å². The summed E-state index contributed by atoms with van der Waals surface area (Å²) < 4.78 is 27.8. The van der Waals surface area contributed by atoms with E-state index < -0.39 is 10.0 Å². The van der Waals surface area contributed by atoms with Gasteiger partial charge in [0.2, 0.25) is 10.0 Å². The Bertz CT molecular complexity index is 1250.